The van der Waals surface area contributed by atoms with E-state index in [1.54, 1.807) is 48.5 Å². The van der Waals surface area contributed by atoms with E-state index in [0.717, 1.165) is 56.1 Å². The van der Waals surface area contributed by atoms with Crippen LogP contribution in [0.4, 0.5) is 17.6 Å². The van der Waals surface area contributed by atoms with Crippen molar-refractivity contribution in [2.75, 3.05) is 13.2 Å². The van der Waals surface area contributed by atoms with Crippen molar-refractivity contribution in [3.63, 3.8) is 0 Å². The maximum Gasteiger partial charge on any atom is 0.165 e. The third kappa shape index (κ3) is 8.60. The Kier molecular flexibility index (Phi) is 10.4. The van der Waals surface area contributed by atoms with Gasteiger partial charge in [-0.3, -0.25) is 0 Å². The summed E-state index contributed by atoms with van der Waals surface area (Å²) in [5.74, 6) is -1.06. The summed E-state index contributed by atoms with van der Waals surface area (Å²) in [6, 6.07) is 21.5. The predicted octanol–water partition coefficient (Wildman–Crippen LogP) is 9.77. The van der Waals surface area contributed by atoms with E-state index in [2.05, 4.69) is 0 Å². The molecule has 204 valence electrons. The van der Waals surface area contributed by atoms with E-state index < -0.39 is 11.6 Å². The van der Waals surface area contributed by atoms with Crippen molar-refractivity contribution in [1.82, 2.24) is 0 Å². The highest BCUT2D eigenvalue weighted by Gasteiger charge is 2.08. The number of rotatable bonds is 14. The second kappa shape index (κ2) is 14.4. The van der Waals surface area contributed by atoms with Crippen LogP contribution < -0.4 is 9.47 Å². The SMILES string of the molecule is Fc1ccc(-c2ccc(OCCCCCCCCCOc3ccc(-c4ccc(F)cc4)cc3F)c(F)c2)cc1. The third-order valence-electron chi connectivity index (χ3n) is 6.52. The van der Waals surface area contributed by atoms with E-state index in [1.165, 1.54) is 36.4 Å². The molecule has 4 rings (SSSR count). The van der Waals surface area contributed by atoms with Gasteiger partial charge >= 0.3 is 0 Å². The first-order valence-corrected chi connectivity index (χ1v) is 13.4. The van der Waals surface area contributed by atoms with Gasteiger partial charge in [0.15, 0.2) is 23.1 Å². The molecular formula is C33H32F4O2. The molecule has 39 heavy (non-hydrogen) atoms. The Morgan fingerprint density at radius 3 is 1.08 bits per heavy atom. The molecule has 0 atom stereocenters. The number of hydrogen-bond donors (Lipinski definition) is 0. The zero-order valence-corrected chi connectivity index (χ0v) is 21.8. The maximum atomic E-state index is 14.4. The van der Waals surface area contributed by atoms with Crippen LogP contribution in [-0.2, 0) is 0 Å². The minimum atomic E-state index is -0.428. The summed E-state index contributed by atoms with van der Waals surface area (Å²) in [7, 11) is 0. The van der Waals surface area contributed by atoms with E-state index in [1.807, 2.05) is 0 Å². The molecule has 0 heterocycles. The minimum Gasteiger partial charge on any atom is -0.491 e. The summed E-state index contributed by atoms with van der Waals surface area (Å²) in [6.07, 6.45) is 6.90. The van der Waals surface area contributed by atoms with Gasteiger partial charge in [-0.2, -0.15) is 0 Å². The van der Waals surface area contributed by atoms with Gasteiger partial charge in [0, 0.05) is 0 Å². The average molecular weight is 537 g/mol. The summed E-state index contributed by atoms with van der Waals surface area (Å²) in [6.45, 7) is 0.901. The Morgan fingerprint density at radius 2 is 0.718 bits per heavy atom. The van der Waals surface area contributed by atoms with E-state index in [9.17, 15) is 17.6 Å². The number of ether oxygens (including phenoxy) is 2. The van der Waals surface area contributed by atoms with Crippen molar-refractivity contribution in [2.24, 2.45) is 0 Å². The molecule has 0 aliphatic heterocycles. The first-order chi connectivity index (χ1) is 19.0. The number of benzene rings is 4. The van der Waals surface area contributed by atoms with Crippen LogP contribution in [0.3, 0.4) is 0 Å². The zero-order valence-electron chi connectivity index (χ0n) is 21.8. The van der Waals surface area contributed by atoms with Crippen LogP contribution in [-0.4, -0.2) is 13.2 Å². The van der Waals surface area contributed by atoms with E-state index in [0.29, 0.717) is 24.3 Å². The van der Waals surface area contributed by atoms with E-state index >= 15 is 0 Å². The molecule has 0 unspecified atom stereocenters. The van der Waals surface area contributed by atoms with Crippen LogP contribution in [0.15, 0.2) is 84.9 Å². The van der Waals surface area contributed by atoms with Crippen molar-refractivity contribution >= 4 is 0 Å². The summed E-state index contributed by atoms with van der Waals surface area (Å²) in [4.78, 5) is 0. The molecule has 0 amide bonds. The molecule has 0 spiro atoms. The van der Waals surface area contributed by atoms with Gasteiger partial charge in [0.25, 0.3) is 0 Å². The number of unbranched alkanes of at least 4 members (excludes halogenated alkanes) is 6. The fourth-order valence-corrected chi connectivity index (χ4v) is 4.33. The topological polar surface area (TPSA) is 18.5 Å². The Balaban J connectivity index is 1.05. The Hall–Kier alpha value is -3.80. The van der Waals surface area contributed by atoms with Crippen molar-refractivity contribution < 1.29 is 27.0 Å². The molecule has 0 fully saturated rings. The van der Waals surface area contributed by atoms with Crippen molar-refractivity contribution in [2.45, 2.75) is 44.9 Å². The standard InChI is InChI=1S/C33H32F4O2/c34-28-14-8-24(9-15-28)26-12-18-32(30(36)22-26)38-20-6-4-2-1-3-5-7-21-39-33-19-13-27(23-31(33)37)25-10-16-29(35)17-11-25/h8-19,22-23H,1-7,20-21H2. The van der Waals surface area contributed by atoms with E-state index in [4.69, 9.17) is 9.47 Å². The fourth-order valence-electron chi connectivity index (χ4n) is 4.33. The van der Waals surface area contributed by atoms with Crippen molar-refractivity contribution in [1.29, 1.82) is 0 Å². The molecule has 4 aromatic rings. The molecule has 0 aliphatic carbocycles. The second-order valence-corrected chi connectivity index (χ2v) is 9.48. The van der Waals surface area contributed by atoms with Gasteiger partial charge in [0.2, 0.25) is 0 Å². The van der Waals surface area contributed by atoms with Gasteiger partial charge in [-0.1, -0.05) is 68.5 Å². The van der Waals surface area contributed by atoms with Gasteiger partial charge < -0.3 is 9.47 Å². The first-order valence-electron chi connectivity index (χ1n) is 13.4. The molecule has 0 saturated heterocycles. The smallest absolute Gasteiger partial charge is 0.165 e. The highest BCUT2D eigenvalue weighted by atomic mass is 19.1. The van der Waals surface area contributed by atoms with E-state index in [-0.39, 0.29) is 23.1 Å². The fraction of sp³-hybridized carbons (Fsp3) is 0.273. The van der Waals surface area contributed by atoms with Crippen molar-refractivity contribution in [3.8, 4) is 33.8 Å². The molecule has 0 bridgehead atoms. The summed E-state index contributed by atoms with van der Waals surface area (Å²) >= 11 is 0. The minimum absolute atomic E-state index is 0.224. The predicted molar refractivity (Wildman–Crippen MR) is 147 cm³/mol. The monoisotopic (exact) mass is 536 g/mol. The molecule has 0 aromatic heterocycles. The average Bonchev–Trinajstić information content (AvgIpc) is 2.94. The lowest BCUT2D eigenvalue weighted by Gasteiger charge is -2.10. The van der Waals surface area contributed by atoms with Gasteiger partial charge in [0.1, 0.15) is 11.6 Å². The number of hydrogen-bond acceptors (Lipinski definition) is 2. The molecule has 0 N–H and O–H groups in total. The van der Waals surface area contributed by atoms with Gasteiger partial charge in [-0.25, -0.2) is 17.6 Å². The lowest BCUT2D eigenvalue weighted by Crippen LogP contribution is -2.00. The number of halogens is 4. The molecule has 6 heteroatoms. The Morgan fingerprint density at radius 1 is 0.385 bits per heavy atom. The van der Waals surface area contributed by atoms with Crippen LogP contribution in [0.25, 0.3) is 22.3 Å². The molecule has 0 saturated carbocycles. The maximum absolute atomic E-state index is 14.4. The van der Waals surface area contributed by atoms with Gasteiger partial charge in [-0.15, -0.1) is 0 Å². The van der Waals surface area contributed by atoms with Crippen LogP contribution in [0, 0.1) is 23.3 Å². The quantitative estimate of drug-likeness (QED) is 0.118. The van der Waals surface area contributed by atoms with Crippen LogP contribution >= 0.6 is 0 Å². The second-order valence-electron chi connectivity index (χ2n) is 9.48. The highest BCUT2D eigenvalue weighted by molar-refractivity contribution is 5.65. The van der Waals surface area contributed by atoms with Crippen molar-refractivity contribution in [3.05, 3.63) is 108 Å². The van der Waals surface area contributed by atoms with Crippen LogP contribution in [0.5, 0.6) is 11.5 Å². The molecule has 0 aliphatic rings. The Labute approximate surface area is 227 Å². The van der Waals surface area contributed by atoms with Gasteiger partial charge in [0.05, 0.1) is 13.2 Å². The molecule has 4 aromatic carbocycles. The first kappa shape index (κ1) is 28.2. The summed E-state index contributed by atoms with van der Waals surface area (Å²) in [5.41, 5.74) is 2.85. The molecular weight excluding hydrogens is 504 g/mol. The normalized spacial score (nSPS) is 11.0. The lowest BCUT2D eigenvalue weighted by molar-refractivity contribution is 0.286. The zero-order chi connectivity index (χ0) is 27.5. The lowest BCUT2D eigenvalue weighted by atomic mass is 10.1. The van der Waals surface area contributed by atoms with Gasteiger partial charge in [-0.05, 0) is 83.6 Å². The summed E-state index contributed by atoms with van der Waals surface area (Å²) in [5, 5.41) is 0. The Bertz CT molecular complexity index is 1220. The third-order valence-corrected chi connectivity index (χ3v) is 6.52. The van der Waals surface area contributed by atoms with Crippen LogP contribution in [0.1, 0.15) is 44.9 Å². The molecule has 2 nitrogen and oxygen atoms in total. The highest BCUT2D eigenvalue weighted by Crippen LogP contribution is 2.27. The van der Waals surface area contributed by atoms with Crippen LogP contribution in [0.2, 0.25) is 0 Å². The molecule has 0 radical (unpaired) electrons. The largest absolute Gasteiger partial charge is 0.491 e. The summed E-state index contributed by atoms with van der Waals surface area (Å²) < 4.78 is 66.1.